The van der Waals surface area contributed by atoms with Crippen LogP contribution in [0.1, 0.15) is 85.5 Å². The molecule has 7 rings (SSSR count). The van der Waals surface area contributed by atoms with Gasteiger partial charge in [0.05, 0.1) is 12.2 Å². The van der Waals surface area contributed by atoms with Gasteiger partial charge in [0.25, 0.3) is 0 Å². The van der Waals surface area contributed by atoms with Gasteiger partial charge in [0.2, 0.25) is 0 Å². The molecule has 3 heterocycles. The van der Waals surface area contributed by atoms with Gasteiger partial charge in [-0.2, -0.15) is 0 Å². The zero-order chi connectivity index (χ0) is 40.5. The standard InChI is InChI=1S/C38H53NO17/c1-16(41)50-23-6-8-36(49)14-22-30-29-20(5-9-37(30)34(36)21(13-28(45)55-37)12-26(23)53-19(4)44)11-25(52-18(3)43)24(51-17(2)42)7-10-38(29,39-22)56-35-33(48)32(47)31(46)27(15-40)54-35/h14,20-21,23-27,29-35,39-40,46-49H,5-13,15H2,1-4H3/t20?,21?,23?,24?,25?,26?,27-,29?,30?,31-,32+,33-,34?,35+,36?,37?,38?/m1/s1. The highest BCUT2D eigenvalue weighted by molar-refractivity contribution is 5.72. The molecular formula is C38H53NO17. The molecule has 7 aliphatic rings. The van der Waals surface area contributed by atoms with Crippen molar-refractivity contribution in [1.82, 2.24) is 5.32 Å². The zero-order valence-corrected chi connectivity index (χ0v) is 31.9. The Kier molecular flexibility index (Phi) is 11.0. The maximum atomic E-state index is 13.9. The summed E-state index contributed by atoms with van der Waals surface area (Å²) in [5.74, 6) is -5.97. The number of ether oxygens (including phenoxy) is 7. The van der Waals surface area contributed by atoms with Crippen molar-refractivity contribution < 1.29 is 82.7 Å². The fraction of sp³-hybridized carbons (Fsp3) is 0.816. The number of rotatable bonds is 7. The summed E-state index contributed by atoms with van der Waals surface area (Å²) in [4.78, 5) is 63.2. The van der Waals surface area contributed by atoms with E-state index in [0.29, 0.717) is 12.1 Å². The molecule has 0 amide bonds. The third kappa shape index (κ3) is 7.08. The molecule has 6 N–H and O–H groups in total. The number of hydrogen-bond donors (Lipinski definition) is 6. The van der Waals surface area contributed by atoms with Crippen LogP contribution in [0, 0.1) is 29.6 Å². The fourth-order valence-corrected chi connectivity index (χ4v) is 11.5. The van der Waals surface area contributed by atoms with E-state index in [-0.39, 0.29) is 51.4 Å². The molecule has 3 saturated heterocycles. The largest absolute Gasteiger partial charge is 0.459 e. The Balaban J connectivity index is 1.37. The van der Waals surface area contributed by atoms with E-state index in [0.717, 1.165) is 0 Å². The van der Waals surface area contributed by atoms with Gasteiger partial charge in [-0.1, -0.05) is 0 Å². The van der Waals surface area contributed by atoms with E-state index in [1.807, 2.05) is 0 Å². The van der Waals surface area contributed by atoms with Crippen molar-refractivity contribution in [2.24, 2.45) is 29.6 Å². The van der Waals surface area contributed by atoms with E-state index in [1.54, 1.807) is 6.08 Å². The lowest BCUT2D eigenvalue weighted by Crippen LogP contribution is -2.70. The molecule has 312 valence electrons. The predicted octanol–water partition coefficient (Wildman–Crippen LogP) is -0.614. The molecule has 56 heavy (non-hydrogen) atoms. The highest BCUT2D eigenvalue weighted by Crippen LogP contribution is 2.67. The monoisotopic (exact) mass is 795 g/mol. The number of aliphatic hydroxyl groups excluding tert-OH is 4. The lowest BCUT2D eigenvalue weighted by molar-refractivity contribution is -0.343. The Morgan fingerprint density at radius 2 is 1.36 bits per heavy atom. The van der Waals surface area contributed by atoms with Crippen LogP contribution in [0.3, 0.4) is 0 Å². The first-order valence-electron chi connectivity index (χ1n) is 19.5. The highest BCUT2D eigenvalue weighted by atomic mass is 16.7. The summed E-state index contributed by atoms with van der Waals surface area (Å²) in [6.45, 7) is 4.28. The van der Waals surface area contributed by atoms with Crippen molar-refractivity contribution in [3.63, 3.8) is 0 Å². The molecule has 0 aromatic rings. The quantitative estimate of drug-likeness (QED) is 0.139. The number of carbonyl (C=O) groups is 5. The number of carbonyl (C=O) groups excluding carboxylic acids is 5. The Hall–Kier alpha value is -3.39. The number of aliphatic hydroxyl groups is 5. The van der Waals surface area contributed by atoms with Crippen molar-refractivity contribution in [3.05, 3.63) is 11.8 Å². The summed E-state index contributed by atoms with van der Waals surface area (Å²) in [7, 11) is 0. The van der Waals surface area contributed by atoms with Crippen LogP contribution in [0.4, 0.5) is 0 Å². The number of esters is 5. The van der Waals surface area contributed by atoms with Crippen LogP contribution >= 0.6 is 0 Å². The molecular weight excluding hydrogens is 742 g/mol. The molecule has 17 atom stereocenters. The smallest absolute Gasteiger partial charge is 0.306 e. The van der Waals surface area contributed by atoms with Crippen LogP contribution in [0.2, 0.25) is 0 Å². The van der Waals surface area contributed by atoms with Crippen LogP contribution in [0.15, 0.2) is 11.8 Å². The highest BCUT2D eigenvalue weighted by Gasteiger charge is 2.74. The van der Waals surface area contributed by atoms with E-state index in [4.69, 9.17) is 33.2 Å². The van der Waals surface area contributed by atoms with Gasteiger partial charge in [0.15, 0.2) is 6.29 Å². The molecule has 0 aromatic carbocycles. The predicted molar refractivity (Wildman–Crippen MR) is 184 cm³/mol. The molecule has 6 fully saturated rings. The summed E-state index contributed by atoms with van der Waals surface area (Å²) in [6, 6.07) is 0. The Labute approximate surface area is 323 Å². The average molecular weight is 796 g/mol. The van der Waals surface area contributed by atoms with Crippen LogP contribution in [-0.4, -0.2) is 134 Å². The van der Waals surface area contributed by atoms with Gasteiger partial charge in [-0.15, -0.1) is 0 Å². The van der Waals surface area contributed by atoms with Crippen molar-refractivity contribution in [3.8, 4) is 0 Å². The first-order valence-corrected chi connectivity index (χ1v) is 19.5. The maximum Gasteiger partial charge on any atom is 0.306 e. The van der Waals surface area contributed by atoms with Crippen LogP contribution in [0.25, 0.3) is 0 Å². The van der Waals surface area contributed by atoms with Gasteiger partial charge >= 0.3 is 29.8 Å². The lowest BCUT2D eigenvalue weighted by Gasteiger charge is -2.62. The van der Waals surface area contributed by atoms with E-state index >= 15 is 0 Å². The van der Waals surface area contributed by atoms with Gasteiger partial charge in [-0.05, 0) is 69.3 Å². The molecule has 3 saturated carbocycles. The van der Waals surface area contributed by atoms with E-state index in [9.17, 15) is 49.5 Å². The van der Waals surface area contributed by atoms with Crippen LogP contribution in [0.5, 0.6) is 0 Å². The van der Waals surface area contributed by atoms with Crippen LogP contribution < -0.4 is 5.32 Å². The minimum Gasteiger partial charge on any atom is -0.459 e. The first kappa shape index (κ1) is 40.8. The molecule has 3 aliphatic heterocycles. The van der Waals surface area contributed by atoms with Gasteiger partial charge in [-0.25, -0.2) is 0 Å². The zero-order valence-electron chi connectivity index (χ0n) is 31.9. The molecule has 0 radical (unpaired) electrons. The minimum absolute atomic E-state index is 0.0202. The number of hydrogen-bond acceptors (Lipinski definition) is 18. The van der Waals surface area contributed by atoms with Crippen molar-refractivity contribution >= 4 is 29.8 Å². The maximum absolute atomic E-state index is 13.9. The molecule has 12 unspecified atom stereocenters. The Morgan fingerprint density at radius 1 is 0.786 bits per heavy atom. The molecule has 1 spiro atoms. The average Bonchev–Trinajstić information content (AvgIpc) is 3.41. The topological polar surface area (TPSA) is 263 Å². The van der Waals surface area contributed by atoms with Gasteiger partial charge in [-0.3, -0.25) is 24.0 Å². The molecule has 18 nitrogen and oxygen atoms in total. The van der Waals surface area contributed by atoms with Gasteiger partial charge in [0, 0.05) is 57.6 Å². The third-order valence-electron chi connectivity index (χ3n) is 13.2. The molecule has 0 aromatic heterocycles. The van der Waals surface area contributed by atoms with Crippen molar-refractivity contribution in [1.29, 1.82) is 0 Å². The van der Waals surface area contributed by atoms with Gasteiger partial charge in [0.1, 0.15) is 60.2 Å². The molecule has 18 heteroatoms. The lowest BCUT2D eigenvalue weighted by atomic mass is 9.48. The van der Waals surface area contributed by atoms with E-state index < -0.39 is 138 Å². The summed E-state index contributed by atoms with van der Waals surface area (Å²) in [6.07, 6.45) is -9.06. The van der Waals surface area contributed by atoms with Gasteiger partial charge < -0.3 is 64.0 Å². The third-order valence-corrected chi connectivity index (χ3v) is 13.2. The van der Waals surface area contributed by atoms with E-state index in [1.165, 1.54) is 27.7 Å². The summed E-state index contributed by atoms with van der Waals surface area (Å²) < 4.78 is 42.0. The Bertz CT molecular complexity index is 1620. The SMILES string of the molecule is CC(=O)OC1CCC2(O[C@@H]3O[C@H](CO)[C@@H](O)[C@H](O)[C@H]3O)NC3=CC4(O)CCC(OC(C)=O)C(OC(C)=O)CC5CC(=O)OC6(CCC(CC1OC(C)=O)C2C36)C54. The number of nitrogens with one attached hydrogen (secondary N) is 1. The summed E-state index contributed by atoms with van der Waals surface area (Å²) in [5.41, 5.74) is -4.08. The van der Waals surface area contributed by atoms with E-state index in [2.05, 4.69) is 5.32 Å². The summed E-state index contributed by atoms with van der Waals surface area (Å²) >= 11 is 0. The summed E-state index contributed by atoms with van der Waals surface area (Å²) in [5, 5.41) is 59.0. The molecule has 0 bridgehead atoms. The Morgan fingerprint density at radius 3 is 1.95 bits per heavy atom. The normalized spacial score (nSPS) is 46.7. The second kappa shape index (κ2) is 15.1. The minimum atomic E-state index is -1.79. The first-order chi connectivity index (χ1) is 26.4. The van der Waals surface area contributed by atoms with Crippen molar-refractivity contribution in [2.45, 2.75) is 158 Å². The fourth-order valence-electron chi connectivity index (χ4n) is 11.5. The molecule has 4 aliphatic carbocycles. The second-order valence-corrected chi connectivity index (χ2v) is 16.7. The van der Waals surface area contributed by atoms with Crippen LogP contribution in [-0.2, 0) is 57.1 Å². The van der Waals surface area contributed by atoms with Crippen molar-refractivity contribution in [2.75, 3.05) is 6.61 Å². The second-order valence-electron chi connectivity index (χ2n) is 16.7.